The first-order valence-electron chi connectivity index (χ1n) is 6.77. The Morgan fingerprint density at radius 2 is 1.57 bits per heavy atom. The van der Waals surface area contributed by atoms with Gasteiger partial charge in [-0.3, -0.25) is 0 Å². The van der Waals surface area contributed by atoms with Gasteiger partial charge < -0.3 is 14.0 Å². The molecule has 23 heavy (non-hydrogen) atoms. The number of aromatic nitrogens is 1. The first kappa shape index (κ1) is 16.6. The van der Waals surface area contributed by atoms with Crippen molar-refractivity contribution in [2.24, 2.45) is 0 Å². The van der Waals surface area contributed by atoms with Gasteiger partial charge in [-0.25, -0.2) is 0 Å². The van der Waals surface area contributed by atoms with Gasteiger partial charge in [0.1, 0.15) is 0 Å². The fourth-order valence-corrected chi connectivity index (χ4v) is 3.69. The number of hydrogen-bond acceptors (Lipinski definition) is 4. The van der Waals surface area contributed by atoms with Crippen LogP contribution in [0, 0.1) is 7.14 Å². The summed E-state index contributed by atoms with van der Waals surface area (Å²) >= 11 is 4.58. The molecule has 0 aliphatic carbocycles. The molecular weight excluding hydrogens is 520 g/mol. The largest absolute Gasteiger partial charge is 0.493 e. The summed E-state index contributed by atoms with van der Waals surface area (Å²) in [6, 6.07) is 12.0. The SMILES string of the molecule is COc1cc(I)c(-c2oncc2-c2ccccc2I)cc1OC. The topological polar surface area (TPSA) is 44.5 Å². The second-order valence-electron chi connectivity index (χ2n) is 4.74. The highest BCUT2D eigenvalue weighted by atomic mass is 127. The van der Waals surface area contributed by atoms with Gasteiger partial charge in [-0.1, -0.05) is 23.4 Å². The van der Waals surface area contributed by atoms with Crippen molar-refractivity contribution in [1.82, 2.24) is 5.16 Å². The first-order valence-corrected chi connectivity index (χ1v) is 8.93. The van der Waals surface area contributed by atoms with Crippen molar-refractivity contribution in [3.05, 3.63) is 49.7 Å². The molecule has 0 aliphatic rings. The summed E-state index contributed by atoms with van der Waals surface area (Å²) in [6.07, 6.45) is 1.75. The zero-order valence-corrected chi connectivity index (χ0v) is 16.8. The quantitative estimate of drug-likeness (QED) is 0.431. The normalized spacial score (nSPS) is 10.6. The monoisotopic (exact) mass is 533 g/mol. The van der Waals surface area contributed by atoms with Crippen LogP contribution in [0.4, 0.5) is 0 Å². The van der Waals surface area contributed by atoms with E-state index in [-0.39, 0.29) is 0 Å². The number of ether oxygens (including phenoxy) is 2. The number of halogens is 2. The molecule has 0 N–H and O–H groups in total. The predicted octanol–water partition coefficient (Wildman–Crippen LogP) is 5.24. The minimum Gasteiger partial charge on any atom is -0.493 e. The molecular formula is C17H13I2NO3. The van der Waals surface area contributed by atoms with E-state index in [2.05, 4.69) is 62.5 Å². The molecule has 0 radical (unpaired) electrons. The molecule has 0 spiro atoms. The van der Waals surface area contributed by atoms with Gasteiger partial charge in [-0.2, -0.15) is 0 Å². The van der Waals surface area contributed by atoms with E-state index in [0.29, 0.717) is 11.5 Å². The van der Waals surface area contributed by atoms with Gasteiger partial charge in [0, 0.05) is 18.3 Å². The van der Waals surface area contributed by atoms with E-state index in [1.807, 2.05) is 24.3 Å². The van der Waals surface area contributed by atoms with E-state index in [0.717, 1.165) is 29.6 Å². The lowest BCUT2D eigenvalue weighted by Gasteiger charge is -2.11. The molecule has 118 valence electrons. The number of rotatable bonds is 4. The fourth-order valence-electron chi connectivity index (χ4n) is 2.33. The maximum atomic E-state index is 5.56. The summed E-state index contributed by atoms with van der Waals surface area (Å²) < 4.78 is 18.5. The van der Waals surface area contributed by atoms with Crippen LogP contribution in [0.2, 0.25) is 0 Å². The predicted molar refractivity (Wildman–Crippen MR) is 106 cm³/mol. The van der Waals surface area contributed by atoms with Crippen LogP contribution in [0.3, 0.4) is 0 Å². The van der Waals surface area contributed by atoms with Crippen LogP contribution in [0.15, 0.2) is 47.1 Å². The average Bonchev–Trinajstić information content (AvgIpc) is 3.04. The third-order valence-electron chi connectivity index (χ3n) is 3.45. The Morgan fingerprint density at radius 1 is 0.870 bits per heavy atom. The van der Waals surface area contributed by atoms with Crippen LogP contribution in [-0.4, -0.2) is 19.4 Å². The average molecular weight is 533 g/mol. The van der Waals surface area contributed by atoms with Crippen molar-refractivity contribution in [3.8, 4) is 33.9 Å². The molecule has 6 heteroatoms. The summed E-state index contributed by atoms with van der Waals surface area (Å²) in [6.45, 7) is 0. The zero-order valence-electron chi connectivity index (χ0n) is 12.5. The molecule has 1 heterocycles. The molecule has 0 saturated carbocycles. The minimum atomic E-state index is 0.660. The summed E-state index contributed by atoms with van der Waals surface area (Å²) in [5.41, 5.74) is 2.98. The van der Waals surface area contributed by atoms with Gasteiger partial charge in [0.2, 0.25) is 0 Å². The molecule has 0 aliphatic heterocycles. The highest BCUT2D eigenvalue weighted by Crippen LogP contribution is 2.41. The van der Waals surface area contributed by atoms with Gasteiger partial charge in [-0.15, -0.1) is 0 Å². The molecule has 0 unspecified atom stereocenters. The molecule has 3 aromatic rings. The van der Waals surface area contributed by atoms with E-state index in [1.165, 1.54) is 0 Å². The Kier molecular flexibility index (Phi) is 5.10. The number of methoxy groups -OCH3 is 2. The van der Waals surface area contributed by atoms with Crippen molar-refractivity contribution < 1.29 is 14.0 Å². The van der Waals surface area contributed by atoms with Crippen molar-refractivity contribution in [2.75, 3.05) is 14.2 Å². The van der Waals surface area contributed by atoms with Crippen LogP contribution >= 0.6 is 45.2 Å². The van der Waals surface area contributed by atoms with E-state index in [4.69, 9.17) is 14.0 Å². The molecule has 2 aromatic carbocycles. The van der Waals surface area contributed by atoms with Crippen LogP contribution in [0.5, 0.6) is 11.5 Å². The fraction of sp³-hybridized carbons (Fsp3) is 0.118. The Labute approximate surface area is 161 Å². The zero-order chi connectivity index (χ0) is 16.4. The molecule has 0 atom stereocenters. The summed E-state index contributed by atoms with van der Waals surface area (Å²) in [4.78, 5) is 0. The second kappa shape index (κ2) is 7.08. The summed E-state index contributed by atoms with van der Waals surface area (Å²) in [5, 5.41) is 4.00. The Bertz CT molecular complexity index is 846. The van der Waals surface area contributed by atoms with Crippen molar-refractivity contribution >= 4 is 45.2 Å². The molecule has 0 bridgehead atoms. The Hall–Kier alpha value is -1.29. The highest BCUT2D eigenvalue weighted by Gasteiger charge is 2.19. The molecule has 0 saturated heterocycles. The van der Waals surface area contributed by atoms with Gasteiger partial charge in [-0.05, 0) is 63.4 Å². The number of nitrogens with zero attached hydrogens (tertiary/aromatic N) is 1. The molecule has 4 nitrogen and oxygen atoms in total. The Balaban J connectivity index is 2.18. The lowest BCUT2D eigenvalue weighted by molar-refractivity contribution is 0.354. The standard InChI is InChI=1S/C17H13I2NO3/c1-21-15-7-11(14(19)8-16(15)22-2)17-12(9-20-23-17)10-5-3-4-6-13(10)18/h3-9H,1-2H3. The van der Waals surface area contributed by atoms with Gasteiger partial charge in [0.05, 0.1) is 26.0 Å². The van der Waals surface area contributed by atoms with Crippen molar-refractivity contribution in [2.45, 2.75) is 0 Å². The molecule has 1 aromatic heterocycles. The van der Waals surface area contributed by atoms with Crippen LogP contribution < -0.4 is 9.47 Å². The Morgan fingerprint density at radius 3 is 2.26 bits per heavy atom. The molecule has 0 fully saturated rings. The first-order chi connectivity index (χ1) is 11.2. The number of hydrogen-bond donors (Lipinski definition) is 0. The van der Waals surface area contributed by atoms with Crippen LogP contribution in [0.25, 0.3) is 22.5 Å². The third kappa shape index (κ3) is 3.18. The maximum absolute atomic E-state index is 5.56. The van der Waals surface area contributed by atoms with Gasteiger partial charge in [0.25, 0.3) is 0 Å². The third-order valence-corrected chi connectivity index (χ3v) is 5.29. The van der Waals surface area contributed by atoms with Gasteiger partial charge >= 0.3 is 0 Å². The summed E-state index contributed by atoms with van der Waals surface area (Å²) in [7, 11) is 3.25. The maximum Gasteiger partial charge on any atom is 0.175 e. The molecule has 3 rings (SSSR count). The highest BCUT2D eigenvalue weighted by molar-refractivity contribution is 14.1. The lowest BCUT2D eigenvalue weighted by Crippen LogP contribution is -1.94. The second-order valence-corrected chi connectivity index (χ2v) is 7.06. The van der Waals surface area contributed by atoms with Crippen molar-refractivity contribution in [3.63, 3.8) is 0 Å². The van der Waals surface area contributed by atoms with E-state index in [9.17, 15) is 0 Å². The van der Waals surface area contributed by atoms with Crippen LogP contribution in [-0.2, 0) is 0 Å². The smallest absolute Gasteiger partial charge is 0.175 e. The van der Waals surface area contributed by atoms with Gasteiger partial charge in [0.15, 0.2) is 17.3 Å². The lowest BCUT2D eigenvalue weighted by atomic mass is 10.0. The van der Waals surface area contributed by atoms with Crippen LogP contribution in [0.1, 0.15) is 0 Å². The minimum absolute atomic E-state index is 0.660. The number of benzene rings is 2. The van der Waals surface area contributed by atoms with E-state index < -0.39 is 0 Å². The summed E-state index contributed by atoms with van der Waals surface area (Å²) in [5.74, 6) is 2.07. The van der Waals surface area contributed by atoms with E-state index >= 15 is 0 Å². The van der Waals surface area contributed by atoms with E-state index in [1.54, 1.807) is 20.4 Å². The van der Waals surface area contributed by atoms with Crippen molar-refractivity contribution in [1.29, 1.82) is 0 Å². The molecule has 0 amide bonds.